The fourth-order valence-electron chi connectivity index (χ4n) is 1.48. The molecule has 0 saturated heterocycles. The quantitative estimate of drug-likeness (QED) is 0.641. The lowest BCUT2D eigenvalue weighted by Gasteiger charge is -2.04. The standard InChI is InChI=1S/C9H9N9/c1-17-3-2-12-7(17)6-14-8(10)16-9(15-6)18-5-11-4-13-18/h2-5H,1H3,(H2,10,14,15,16). The molecule has 0 aliphatic heterocycles. The molecule has 0 amide bonds. The van der Waals surface area contributed by atoms with Crippen LogP contribution in [0.25, 0.3) is 17.6 Å². The summed E-state index contributed by atoms with van der Waals surface area (Å²) in [7, 11) is 1.84. The zero-order valence-electron chi connectivity index (χ0n) is 9.46. The number of nitrogens with two attached hydrogens (primary N) is 1. The van der Waals surface area contributed by atoms with Crippen molar-refractivity contribution in [3.63, 3.8) is 0 Å². The molecule has 0 bridgehead atoms. The van der Waals surface area contributed by atoms with Gasteiger partial charge in [-0.25, -0.2) is 9.97 Å². The Morgan fingerprint density at radius 3 is 2.78 bits per heavy atom. The molecule has 0 fully saturated rings. The summed E-state index contributed by atoms with van der Waals surface area (Å²) in [5.41, 5.74) is 5.66. The van der Waals surface area contributed by atoms with Crippen LogP contribution in [-0.2, 0) is 7.05 Å². The summed E-state index contributed by atoms with van der Waals surface area (Å²) in [5.74, 6) is 1.40. The second-order valence-electron chi connectivity index (χ2n) is 3.52. The number of hydrogen-bond donors (Lipinski definition) is 1. The van der Waals surface area contributed by atoms with Crippen LogP contribution in [0.2, 0.25) is 0 Å². The van der Waals surface area contributed by atoms with Crippen molar-refractivity contribution in [1.82, 2.24) is 39.3 Å². The van der Waals surface area contributed by atoms with Gasteiger partial charge >= 0.3 is 0 Å². The van der Waals surface area contributed by atoms with E-state index in [2.05, 4.69) is 30.0 Å². The van der Waals surface area contributed by atoms with E-state index in [1.54, 1.807) is 17.0 Å². The number of hydrogen-bond acceptors (Lipinski definition) is 7. The predicted octanol–water partition coefficient (Wildman–Crippen LogP) is -0.565. The van der Waals surface area contributed by atoms with Gasteiger partial charge in [-0.3, -0.25) is 0 Å². The molecule has 90 valence electrons. The Labute approximate surface area is 101 Å². The van der Waals surface area contributed by atoms with Crippen molar-refractivity contribution < 1.29 is 0 Å². The van der Waals surface area contributed by atoms with Gasteiger partial charge in [-0.2, -0.15) is 24.7 Å². The largest absolute Gasteiger partial charge is 0.368 e. The molecule has 3 rings (SSSR count). The number of rotatable bonds is 2. The van der Waals surface area contributed by atoms with Crippen LogP contribution in [0.3, 0.4) is 0 Å². The molecule has 0 atom stereocenters. The molecule has 3 heterocycles. The molecule has 0 aromatic carbocycles. The Kier molecular flexibility index (Phi) is 2.22. The van der Waals surface area contributed by atoms with Crippen LogP contribution in [-0.4, -0.2) is 39.3 Å². The first-order chi connectivity index (χ1) is 8.74. The second-order valence-corrected chi connectivity index (χ2v) is 3.52. The van der Waals surface area contributed by atoms with Gasteiger partial charge in [0.25, 0.3) is 5.95 Å². The van der Waals surface area contributed by atoms with Crippen molar-refractivity contribution in [2.24, 2.45) is 7.05 Å². The Balaban J connectivity index is 2.15. The van der Waals surface area contributed by atoms with E-state index in [1.165, 1.54) is 17.3 Å². The van der Waals surface area contributed by atoms with Crippen molar-refractivity contribution in [2.75, 3.05) is 5.73 Å². The lowest BCUT2D eigenvalue weighted by Crippen LogP contribution is -2.09. The van der Waals surface area contributed by atoms with E-state index in [1.807, 2.05) is 7.05 Å². The van der Waals surface area contributed by atoms with Crippen LogP contribution in [0.5, 0.6) is 0 Å². The zero-order valence-corrected chi connectivity index (χ0v) is 9.46. The first-order valence-corrected chi connectivity index (χ1v) is 5.08. The van der Waals surface area contributed by atoms with Crippen LogP contribution in [0, 0.1) is 0 Å². The molecule has 0 unspecified atom stereocenters. The van der Waals surface area contributed by atoms with Gasteiger partial charge < -0.3 is 10.3 Å². The summed E-state index contributed by atoms with van der Waals surface area (Å²) in [5, 5.41) is 3.94. The number of nitrogens with zero attached hydrogens (tertiary/aromatic N) is 8. The van der Waals surface area contributed by atoms with Crippen LogP contribution >= 0.6 is 0 Å². The van der Waals surface area contributed by atoms with Crippen molar-refractivity contribution in [3.8, 4) is 17.6 Å². The lowest BCUT2D eigenvalue weighted by molar-refractivity contribution is 0.793. The summed E-state index contributed by atoms with van der Waals surface area (Å²) < 4.78 is 3.20. The average Bonchev–Trinajstić information content (AvgIpc) is 2.98. The van der Waals surface area contributed by atoms with E-state index in [9.17, 15) is 0 Å². The third-order valence-corrected chi connectivity index (χ3v) is 2.29. The Hall–Kier alpha value is -2.84. The van der Waals surface area contributed by atoms with Gasteiger partial charge in [0, 0.05) is 19.4 Å². The Morgan fingerprint density at radius 1 is 1.22 bits per heavy atom. The van der Waals surface area contributed by atoms with Gasteiger partial charge in [0.15, 0.2) is 5.82 Å². The maximum atomic E-state index is 5.66. The number of imidazole rings is 1. The SMILES string of the molecule is Cn1ccnc1-c1nc(N)nc(-n2cncn2)n1. The van der Waals surface area contributed by atoms with Gasteiger partial charge in [0.2, 0.25) is 11.8 Å². The third-order valence-electron chi connectivity index (χ3n) is 2.29. The highest BCUT2D eigenvalue weighted by atomic mass is 15.4. The molecule has 9 heteroatoms. The Bertz CT molecular complexity index is 669. The molecule has 0 aliphatic rings. The van der Waals surface area contributed by atoms with Crippen LogP contribution in [0.15, 0.2) is 25.0 Å². The molecule has 2 N–H and O–H groups in total. The van der Waals surface area contributed by atoms with Crippen LogP contribution in [0.4, 0.5) is 5.95 Å². The topological polar surface area (TPSA) is 113 Å². The minimum Gasteiger partial charge on any atom is -0.368 e. The molecular formula is C9H9N9. The van der Waals surface area contributed by atoms with Crippen molar-refractivity contribution in [2.45, 2.75) is 0 Å². The maximum Gasteiger partial charge on any atom is 0.257 e. The first kappa shape index (κ1) is 10.3. The van der Waals surface area contributed by atoms with Crippen molar-refractivity contribution >= 4 is 5.95 Å². The molecule has 3 aromatic heterocycles. The molecule has 0 saturated carbocycles. The number of aryl methyl sites for hydroxylation is 1. The van der Waals surface area contributed by atoms with Gasteiger partial charge in [-0.15, -0.1) is 0 Å². The zero-order chi connectivity index (χ0) is 12.5. The number of aromatic nitrogens is 8. The van der Waals surface area contributed by atoms with Crippen LogP contribution in [0.1, 0.15) is 0 Å². The fourth-order valence-corrected chi connectivity index (χ4v) is 1.48. The monoisotopic (exact) mass is 243 g/mol. The van der Waals surface area contributed by atoms with E-state index < -0.39 is 0 Å². The smallest absolute Gasteiger partial charge is 0.257 e. The summed E-state index contributed by atoms with van der Waals surface area (Å²) >= 11 is 0. The maximum absolute atomic E-state index is 5.66. The van der Waals surface area contributed by atoms with E-state index in [4.69, 9.17) is 5.73 Å². The minimum absolute atomic E-state index is 0.105. The van der Waals surface area contributed by atoms with E-state index in [-0.39, 0.29) is 5.95 Å². The second kappa shape index (κ2) is 3.87. The van der Waals surface area contributed by atoms with Gasteiger partial charge in [-0.05, 0) is 0 Å². The van der Waals surface area contributed by atoms with Gasteiger partial charge in [-0.1, -0.05) is 0 Å². The number of nitrogen functional groups attached to an aromatic ring is 1. The highest BCUT2D eigenvalue weighted by Crippen LogP contribution is 2.13. The van der Waals surface area contributed by atoms with Crippen LogP contribution < -0.4 is 5.73 Å². The van der Waals surface area contributed by atoms with E-state index in [0.717, 1.165) is 0 Å². The summed E-state index contributed by atoms with van der Waals surface area (Å²) in [4.78, 5) is 20.3. The normalized spacial score (nSPS) is 10.7. The summed E-state index contributed by atoms with van der Waals surface area (Å²) in [6.45, 7) is 0. The average molecular weight is 243 g/mol. The van der Waals surface area contributed by atoms with Gasteiger partial charge in [0.1, 0.15) is 12.7 Å². The molecule has 3 aromatic rings. The van der Waals surface area contributed by atoms with E-state index >= 15 is 0 Å². The predicted molar refractivity (Wildman–Crippen MR) is 61.4 cm³/mol. The lowest BCUT2D eigenvalue weighted by atomic mass is 10.5. The minimum atomic E-state index is 0.105. The molecule has 18 heavy (non-hydrogen) atoms. The van der Waals surface area contributed by atoms with E-state index in [0.29, 0.717) is 17.6 Å². The third kappa shape index (κ3) is 1.67. The molecule has 0 spiro atoms. The molecular weight excluding hydrogens is 234 g/mol. The highest BCUT2D eigenvalue weighted by Gasteiger charge is 2.11. The first-order valence-electron chi connectivity index (χ1n) is 5.08. The highest BCUT2D eigenvalue weighted by molar-refractivity contribution is 5.46. The summed E-state index contributed by atoms with van der Waals surface area (Å²) in [6, 6.07) is 0. The number of anilines is 1. The molecule has 9 nitrogen and oxygen atoms in total. The van der Waals surface area contributed by atoms with Crippen molar-refractivity contribution in [3.05, 3.63) is 25.0 Å². The van der Waals surface area contributed by atoms with Crippen molar-refractivity contribution in [1.29, 1.82) is 0 Å². The Morgan fingerprint density at radius 2 is 2.11 bits per heavy atom. The summed E-state index contributed by atoms with van der Waals surface area (Å²) in [6.07, 6.45) is 6.33. The molecule has 0 aliphatic carbocycles. The van der Waals surface area contributed by atoms with Gasteiger partial charge in [0.05, 0.1) is 0 Å². The fraction of sp³-hybridized carbons (Fsp3) is 0.111. The molecule has 0 radical (unpaired) electrons.